The van der Waals surface area contributed by atoms with E-state index in [9.17, 15) is 17.6 Å². The number of hydrogen-bond donors (Lipinski definition) is 2. The molecule has 0 fully saturated rings. The highest BCUT2D eigenvalue weighted by molar-refractivity contribution is 7.92. The van der Waals surface area contributed by atoms with Crippen LogP contribution in [0.15, 0.2) is 47.4 Å². The number of sulfonamides is 1. The normalized spacial score (nSPS) is 11.0. The molecule has 22 heavy (non-hydrogen) atoms. The highest BCUT2D eigenvalue weighted by atomic mass is 32.2. The minimum atomic E-state index is -3.91. The maximum atomic E-state index is 13.5. The number of nitrogens with one attached hydrogen (secondary N) is 2. The Hall–Kier alpha value is -2.41. The van der Waals surface area contributed by atoms with Crippen LogP contribution in [0.25, 0.3) is 0 Å². The highest BCUT2D eigenvalue weighted by Crippen LogP contribution is 2.23. The fraction of sp³-hybridized carbons (Fsp3) is 0.133. The van der Waals surface area contributed by atoms with E-state index in [1.54, 1.807) is 6.92 Å². The number of para-hydroxylation sites is 1. The zero-order valence-corrected chi connectivity index (χ0v) is 12.9. The average molecular weight is 322 g/mol. The van der Waals surface area contributed by atoms with Gasteiger partial charge in [0.1, 0.15) is 5.82 Å². The Bertz CT molecular complexity index is 819. The van der Waals surface area contributed by atoms with Crippen molar-refractivity contribution >= 4 is 27.3 Å². The van der Waals surface area contributed by atoms with Crippen molar-refractivity contribution in [1.29, 1.82) is 0 Å². The van der Waals surface area contributed by atoms with Crippen molar-refractivity contribution < 1.29 is 17.6 Å². The number of aryl methyl sites for hydroxylation is 1. The molecule has 2 aromatic rings. The lowest BCUT2D eigenvalue weighted by Gasteiger charge is -2.11. The maximum Gasteiger partial charge on any atom is 0.261 e. The number of anilines is 2. The van der Waals surface area contributed by atoms with E-state index < -0.39 is 15.8 Å². The summed E-state index contributed by atoms with van der Waals surface area (Å²) in [7, 11) is -3.91. The van der Waals surface area contributed by atoms with E-state index >= 15 is 0 Å². The van der Waals surface area contributed by atoms with Crippen molar-refractivity contribution in [3.8, 4) is 0 Å². The molecule has 0 heterocycles. The Labute approximate surface area is 128 Å². The van der Waals surface area contributed by atoms with Crippen molar-refractivity contribution in [2.24, 2.45) is 0 Å². The van der Waals surface area contributed by atoms with Gasteiger partial charge in [-0.1, -0.05) is 12.1 Å². The number of hydrogen-bond acceptors (Lipinski definition) is 3. The molecule has 0 aromatic heterocycles. The van der Waals surface area contributed by atoms with Gasteiger partial charge < -0.3 is 5.32 Å². The van der Waals surface area contributed by atoms with Crippen LogP contribution < -0.4 is 10.0 Å². The summed E-state index contributed by atoms with van der Waals surface area (Å²) in [5.41, 5.74) is 0.995. The quantitative estimate of drug-likeness (QED) is 0.909. The van der Waals surface area contributed by atoms with Crippen LogP contribution in [0.4, 0.5) is 15.8 Å². The third-order valence-electron chi connectivity index (χ3n) is 2.94. The molecule has 2 aromatic carbocycles. The number of carbonyl (C=O) groups is 1. The lowest BCUT2D eigenvalue weighted by atomic mass is 10.2. The first-order valence-electron chi connectivity index (χ1n) is 6.45. The number of halogens is 1. The van der Waals surface area contributed by atoms with Gasteiger partial charge in [-0.15, -0.1) is 0 Å². The third kappa shape index (κ3) is 3.62. The Morgan fingerprint density at radius 3 is 2.36 bits per heavy atom. The molecule has 2 N–H and O–H groups in total. The van der Waals surface area contributed by atoms with Crippen molar-refractivity contribution in [2.45, 2.75) is 18.7 Å². The molecule has 0 aliphatic rings. The summed E-state index contributed by atoms with van der Waals surface area (Å²) in [6, 6.07) is 9.77. The summed E-state index contributed by atoms with van der Waals surface area (Å²) in [4.78, 5) is 11.0. The molecule has 0 atom stereocenters. The van der Waals surface area contributed by atoms with Gasteiger partial charge in [0, 0.05) is 12.6 Å². The van der Waals surface area contributed by atoms with Gasteiger partial charge in [-0.25, -0.2) is 12.8 Å². The lowest BCUT2D eigenvalue weighted by molar-refractivity contribution is -0.114. The molecule has 5 nitrogen and oxygen atoms in total. The van der Waals surface area contributed by atoms with Crippen molar-refractivity contribution in [3.05, 3.63) is 53.8 Å². The number of amides is 1. The molecule has 0 bridgehead atoms. The number of rotatable bonds is 4. The molecular formula is C15H15FN2O3S. The van der Waals surface area contributed by atoms with Crippen LogP contribution in [-0.2, 0) is 14.8 Å². The van der Waals surface area contributed by atoms with Crippen LogP contribution in [0.3, 0.4) is 0 Å². The van der Waals surface area contributed by atoms with E-state index in [2.05, 4.69) is 10.0 Å². The molecule has 0 aliphatic heterocycles. The zero-order valence-electron chi connectivity index (χ0n) is 12.1. The predicted molar refractivity (Wildman–Crippen MR) is 82.7 cm³/mol. The van der Waals surface area contributed by atoms with Gasteiger partial charge in [-0.2, -0.15) is 0 Å². The molecule has 0 aliphatic carbocycles. The van der Waals surface area contributed by atoms with E-state index in [4.69, 9.17) is 0 Å². The zero-order chi connectivity index (χ0) is 16.3. The molecule has 0 saturated carbocycles. The van der Waals surface area contributed by atoms with Crippen LogP contribution >= 0.6 is 0 Å². The first-order chi connectivity index (χ1) is 10.3. The van der Waals surface area contributed by atoms with Crippen molar-refractivity contribution in [1.82, 2.24) is 0 Å². The third-order valence-corrected chi connectivity index (χ3v) is 4.30. The summed E-state index contributed by atoms with van der Waals surface area (Å²) >= 11 is 0. The number of benzene rings is 2. The smallest absolute Gasteiger partial charge is 0.261 e. The summed E-state index contributed by atoms with van der Waals surface area (Å²) in [5.74, 6) is -0.902. The van der Waals surface area contributed by atoms with Gasteiger partial charge in [0.2, 0.25) is 5.91 Å². The van der Waals surface area contributed by atoms with E-state index in [-0.39, 0.29) is 16.5 Å². The van der Waals surface area contributed by atoms with Crippen LogP contribution in [-0.4, -0.2) is 14.3 Å². The molecule has 7 heteroatoms. The molecule has 1 amide bonds. The first-order valence-corrected chi connectivity index (χ1v) is 7.93. The predicted octanol–water partition coefficient (Wildman–Crippen LogP) is 2.89. The average Bonchev–Trinajstić information content (AvgIpc) is 2.43. The molecule has 116 valence electrons. The summed E-state index contributed by atoms with van der Waals surface area (Å²) in [6.45, 7) is 3.04. The molecular weight excluding hydrogens is 307 g/mol. The maximum absolute atomic E-state index is 13.5. The van der Waals surface area contributed by atoms with E-state index in [1.807, 2.05) is 0 Å². The van der Waals surface area contributed by atoms with E-state index in [0.29, 0.717) is 11.3 Å². The van der Waals surface area contributed by atoms with Crippen molar-refractivity contribution in [2.75, 3.05) is 10.0 Å². The molecule has 0 spiro atoms. The summed E-state index contributed by atoms with van der Waals surface area (Å²) in [6.07, 6.45) is 0. The molecule has 2 rings (SSSR count). The second kappa shape index (κ2) is 6.15. The van der Waals surface area contributed by atoms with Crippen molar-refractivity contribution in [3.63, 3.8) is 0 Å². The lowest BCUT2D eigenvalue weighted by Crippen LogP contribution is -2.14. The van der Waals surface area contributed by atoms with Gasteiger partial charge in [0.25, 0.3) is 10.0 Å². The minimum absolute atomic E-state index is 0.0117. The monoisotopic (exact) mass is 322 g/mol. The Kier molecular flexibility index (Phi) is 4.46. The van der Waals surface area contributed by atoms with Crippen LogP contribution in [0.1, 0.15) is 12.5 Å². The number of carbonyl (C=O) groups excluding carboxylic acids is 1. The van der Waals surface area contributed by atoms with Gasteiger partial charge in [0.05, 0.1) is 10.6 Å². The standard InChI is InChI=1S/C15H15FN2O3S/c1-10-9-12(7-8-14(10)17-11(2)19)22(20,21)18-15-6-4-3-5-13(15)16/h3-9,18H,1-2H3,(H,17,19). The fourth-order valence-corrected chi connectivity index (χ4v) is 3.03. The molecule has 0 unspecified atom stereocenters. The fourth-order valence-electron chi connectivity index (χ4n) is 1.88. The topological polar surface area (TPSA) is 75.3 Å². The summed E-state index contributed by atoms with van der Waals surface area (Å²) in [5, 5.41) is 2.60. The van der Waals surface area contributed by atoms with Gasteiger partial charge in [-0.3, -0.25) is 9.52 Å². The molecule has 0 radical (unpaired) electrons. The Morgan fingerprint density at radius 2 is 1.77 bits per heavy atom. The minimum Gasteiger partial charge on any atom is -0.326 e. The summed E-state index contributed by atoms with van der Waals surface area (Å²) < 4.78 is 40.3. The van der Waals surface area contributed by atoms with Crippen LogP contribution in [0.5, 0.6) is 0 Å². The SMILES string of the molecule is CC(=O)Nc1ccc(S(=O)(=O)Nc2ccccc2F)cc1C. The first kappa shape index (κ1) is 16.0. The second-order valence-electron chi connectivity index (χ2n) is 4.74. The van der Waals surface area contributed by atoms with Gasteiger partial charge in [0.15, 0.2) is 0 Å². The molecule has 0 saturated heterocycles. The van der Waals surface area contributed by atoms with E-state index in [1.165, 1.54) is 49.4 Å². The van der Waals surface area contributed by atoms with Crippen LogP contribution in [0.2, 0.25) is 0 Å². The van der Waals surface area contributed by atoms with Gasteiger partial charge in [-0.05, 0) is 42.8 Å². The Balaban J connectivity index is 2.32. The highest BCUT2D eigenvalue weighted by Gasteiger charge is 2.17. The Morgan fingerprint density at radius 1 is 1.09 bits per heavy atom. The van der Waals surface area contributed by atoms with Gasteiger partial charge >= 0.3 is 0 Å². The largest absolute Gasteiger partial charge is 0.326 e. The second-order valence-corrected chi connectivity index (χ2v) is 6.43. The van der Waals surface area contributed by atoms with Crippen LogP contribution in [0, 0.1) is 12.7 Å². The van der Waals surface area contributed by atoms with E-state index in [0.717, 1.165) is 0 Å².